The number of amides is 1. The maximum Gasteiger partial charge on any atom is 0.308 e. The first kappa shape index (κ1) is 13.4. The summed E-state index contributed by atoms with van der Waals surface area (Å²) < 4.78 is 0.624. The van der Waals surface area contributed by atoms with E-state index in [0.29, 0.717) is 28.0 Å². The first-order valence-electron chi connectivity index (χ1n) is 5.46. The Morgan fingerprint density at radius 3 is 2.72 bits per heavy atom. The first-order chi connectivity index (χ1) is 8.49. The number of rotatable bonds is 2. The summed E-state index contributed by atoms with van der Waals surface area (Å²) in [6.45, 7) is 0.744. The van der Waals surface area contributed by atoms with Crippen molar-refractivity contribution < 1.29 is 14.7 Å². The van der Waals surface area contributed by atoms with Gasteiger partial charge in [-0.3, -0.25) is 9.59 Å². The van der Waals surface area contributed by atoms with E-state index in [4.69, 9.17) is 16.7 Å². The minimum atomic E-state index is -0.847. The summed E-state index contributed by atoms with van der Waals surface area (Å²) in [6.07, 6.45) is 0.506. The molecule has 96 valence electrons. The van der Waals surface area contributed by atoms with Crippen molar-refractivity contribution in [3.8, 4) is 0 Å². The number of aliphatic carboxylic acids is 1. The van der Waals surface area contributed by atoms with Crippen LogP contribution in [0.25, 0.3) is 0 Å². The van der Waals surface area contributed by atoms with Crippen LogP contribution in [-0.2, 0) is 4.79 Å². The summed E-state index contributed by atoms with van der Waals surface area (Å²) in [5.41, 5.74) is 0.505. The number of carboxylic acids is 1. The van der Waals surface area contributed by atoms with Gasteiger partial charge in [0.25, 0.3) is 5.91 Å². The lowest BCUT2D eigenvalue weighted by Crippen LogP contribution is -2.30. The van der Waals surface area contributed by atoms with E-state index >= 15 is 0 Å². The summed E-state index contributed by atoms with van der Waals surface area (Å²) in [4.78, 5) is 24.6. The van der Waals surface area contributed by atoms with Gasteiger partial charge < -0.3 is 10.0 Å². The highest BCUT2D eigenvalue weighted by molar-refractivity contribution is 9.10. The molecule has 6 heteroatoms. The van der Waals surface area contributed by atoms with E-state index < -0.39 is 11.9 Å². The van der Waals surface area contributed by atoms with Crippen molar-refractivity contribution in [2.24, 2.45) is 5.92 Å². The maximum absolute atomic E-state index is 12.2. The molecule has 1 aromatic rings. The predicted molar refractivity (Wildman–Crippen MR) is 70.8 cm³/mol. The molecule has 0 unspecified atom stereocenters. The molecule has 0 spiro atoms. The Bertz CT molecular complexity index is 506. The Hall–Kier alpha value is -1.07. The average molecular weight is 333 g/mol. The van der Waals surface area contributed by atoms with Crippen LogP contribution in [0, 0.1) is 5.92 Å². The molecule has 0 saturated carbocycles. The van der Waals surface area contributed by atoms with Gasteiger partial charge in [-0.1, -0.05) is 11.6 Å². The van der Waals surface area contributed by atoms with Crippen molar-refractivity contribution in [1.82, 2.24) is 4.90 Å². The van der Waals surface area contributed by atoms with Gasteiger partial charge in [0.05, 0.1) is 11.5 Å². The lowest BCUT2D eigenvalue weighted by Gasteiger charge is -2.16. The van der Waals surface area contributed by atoms with Gasteiger partial charge >= 0.3 is 5.97 Å². The largest absolute Gasteiger partial charge is 0.481 e. The predicted octanol–water partition coefficient (Wildman–Crippen LogP) is 2.65. The summed E-state index contributed by atoms with van der Waals surface area (Å²) in [6, 6.07) is 4.94. The Labute approximate surface area is 118 Å². The van der Waals surface area contributed by atoms with Crippen molar-refractivity contribution in [2.75, 3.05) is 13.1 Å². The van der Waals surface area contributed by atoms with E-state index in [1.54, 1.807) is 23.1 Å². The number of nitrogens with zero attached hydrogens (tertiary/aromatic N) is 1. The van der Waals surface area contributed by atoms with Gasteiger partial charge in [0, 0.05) is 22.6 Å². The quantitative estimate of drug-likeness (QED) is 0.906. The molecule has 0 bridgehead atoms. The lowest BCUT2D eigenvalue weighted by atomic mass is 10.1. The minimum absolute atomic E-state index is 0.165. The second-order valence-electron chi connectivity index (χ2n) is 4.20. The summed E-state index contributed by atoms with van der Waals surface area (Å²) in [7, 11) is 0. The van der Waals surface area contributed by atoms with E-state index in [-0.39, 0.29) is 12.5 Å². The molecule has 1 atom stereocenters. The molecule has 1 fully saturated rings. The number of carboxylic acid groups (broad SMARTS) is 1. The van der Waals surface area contributed by atoms with Gasteiger partial charge in [0.2, 0.25) is 0 Å². The Morgan fingerprint density at radius 1 is 1.44 bits per heavy atom. The monoisotopic (exact) mass is 331 g/mol. The van der Waals surface area contributed by atoms with Gasteiger partial charge in [-0.25, -0.2) is 0 Å². The summed E-state index contributed by atoms with van der Waals surface area (Å²) >= 11 is 9.10. The van der Waals surface area contributed by atoms with Crippen molar-refractivity contribution in [3.63, 3.8) is 0 Å². The number of hydrogen-bond donors (Lipinski definition) is 1. The third kappa shape index (κ3) is 2.67. The van der Waals surface area contributed by atoms with Crippen molar-refractivity contribution in [2.45, 2.75) is 6.42 Å². The van der Waals surface area contributed by atoms with Crippen LogP contribution in [0.2, 0.25) is 5.02 Å². The van der Waals surface area contributed by atoms with Crippen LogP contribution < -0.4 is 0 Å². The normalized spacial score (nSPS) is 19.0. The lowest BCUT2D eigenvalue weighted by molar-refractivity contribution is -0.141. The second-order valence-corrected chi connectivity index (χ2v) is 5.49. The molecule has 1 heterocycles. The Morgan fingerprint density at radius 2 is 2.17 bits per heavy atom. The molecule has 0 radical (unpaired) electrons. The van der Waals surface area contributed by atoms with Gasteiger partial charge in [0.15, 0.2) is 0 Å². The van der Waals surface area contributed by atoms with Gasteiger partial charge in [0.1, 0.15) is 0 Å². The topological polar surface area (TPSA) is 57.6 Å². The number of halogens is 2. The van der Waals surface area contributed by atoms with Crippen molar-refractivity contribution >= 4 is 39.4 Å². The standard InChI is InChI=1S/C12H11BrClNO3/c13-10-5-8(14)1-2-9(10)11(16)15-4-3-7(6-15)12(17)18/h1-2,5,7H,3-4,6H2,(H,17,18)/t7-/m0/s1. The van der Waals surface area contributed by atoms with Crippen molar-refractivity contribution in [1.29, 1.82) is 0 Å². The fourth-order valence-electron chi connectivity index (χ4n) is 1.98. The Kier molecular flexibility index (Phi) is 3.92. The molecule has 1 aliphatic heterocycles. The van der Waals surface area contributed by atoms with Crippen LogP contribution in [0.3, 0.4) is 0 Å². The number of likely N-dealkylation sites (tertiary alicyclic amines) is 1. The third-order valence-electron chi connectivity index (χ3n) is 2.99. The van der Waals surface area contributed by atoms with E-state index in [1.807, 2.05) is 0 Å². The molecule has 1 amide bonds. The SMILES string of the molecule is O=C(O)[C@H]1CCN(C(=O)c2ccc(Cl)cc2Br)C1. The van der Waals surface area contributed by atoms with E-state index in [0.717, 1.165) is 0 Å². The molecule has 1 aliphatic rings. The van der Waals surface area contributed by atoms with Crippen molar-refractivity contribution in [3.05, 3.63) is 33.3 Å². The fraction of sp³-hybridized carbons (Fsp3) is 0.333. The highest BCUT2D eigenvalue weighted by Crippen LogP contribution is 2.25. The van der Waals surface area contributed by atoms with Crippen LogP contribution in [0.4, 0.5) is 0 Å². The zero-order valence-electron chi connectivity index (χ0n) is 9.40. The fourth-order valence-corrected chi connectivity index (χ4v) is 2.83. The third-order valence-corrected chi connectivity index (χ3v) is 3.88. The molecule has 1 aromatic carbocycles. The number of hydrogen-bond acceptors (Lipinski definition) is 2. The number of benzene rings is 1. The number of carbonyl (C=O) groups is 2. The highest BCUT2D eigenvalue weighted by Gasteiger charge is 2.31. The van der Waals surface area contributed by atoms with Crippen LogP contribution in [0.15, 0.2) is 22.7 Å². The molecular weight excluding hydrogens is 321 g/mol. The number of carbonyl (C=O) groups excluding carboxylic acids is 1. The van der Waals surface area contributed by atoms with Gasteiger partial charge in [-0.2, -0.15) is 0 Å². The van der Waals surface area contributed by atoms with Crippen LogP contribution >= 0.6 is 27.5 Å². The average Bonchev–Trinajstić information content (AvgIpc) is 2.77. The second kappa shape index (κ2) is 5.28. The minimum Gasteiger partial charge on any atom is -0.481 e. The van der Waals surface area contributed by atoms with Crippen LogP contribution in [-0.4, -0.2) is 35.0 Å². The van der Waals surface area contributed by atoms with Gasteiger partial charge in [-0.05, 0) is 40.5 Å². The van der Waals surface area contributed by atoms with E-state index in [9.17, 15) is 9.59 Å². The summed E-state index contributed by atoms with van der Waals surface area (Å²) in [5, 5.41) is 9.45. The molecule has 1 N–H and O–H groups in total. The zero-order valence-corrected chi connectivity index (χ0v) is 11.7. The molecule has 0 aromatic heterocycles. The smallest absolute Gasteiger partial charge is 0.308 e. The highest BCUT2D eigenvalue weighted by atomic mass is 79.9. The van der Waals surface area contributed by atoms with Gasteiger partial charge in [-0.15, -0.1) is 0 Å². The molecule has 2 rings (SSSR count). The zero-order chi connectivity index (χ0) is 13.3. The first-order valence-corrected chi connectivity index (χ1v) is 6.63. The molecule has 1 saturated heterocycles. The molecule has 18 heavy (non-hydrogen) atoms. The van der Waals surface area contributed by atoms with Crippen LogP contribution in [0.5, 0.6) is 0 Å². The summed E-state index contributed by atoms with van der Waals surface area (Å²) in [5.74, 6) is -1.47. The van der Waals surface area contributed by atoms with Crippen LogP contribution in [0.1, 0.15) is 16.8 Å². The van der Waals surface area contributed by atoms with E-state index in [1.165, 1.54) is 0 Å². The molecular formula is C12H11BrClNO3. The maximum atomic E-state index is 12.2. The molecule has 4 nitrogen and oxygen atoms in total. The Balaban J connectivity index is 2.15. The van der Waals surface area contributed by atoms with E-state index in [2.05, 4.69) is 15.9 Å². The molecule has 0 aliphatic carbocycles.